The molecule has 0 bridgehead atoms. The van der Waals surface area contributed by atoms with Gasteiger partial charge in [-0.2, -0.15) is 0 Å². The second-order valence-electron chi connectivity index (χ2n) is 13.9. The summed E-state index contributed by atoms with van der Waals surface area (Å²) in [6.45, 7) is 0. The Morgan fingerprint density at radius 1 is 0.339 bits per heavy atom. The Balaban J connectivity index is 1.05. The molecule has 262 valence electrons. The molecule has 0 aliphatic carbocycles. The van der Waals surface area contributed by atoms with E-state index in [-0.39, 0.29) is 0 Å². The average molecular weight is 717 g/mol. The molecule has 0 atom stereocenters. The molecule has 0 radical (unpaired) electrons. The second-order valence-corrected chi connectivity index (χ2v) is 13.9. The number of hydrogen-bond acceptors (Lipinski definition) is 4. The fourth-order valence-corrected chi connectivity index (χ4v) is 8.07. The van der Waals surface area contributed by atoms with E-state index >= 15 is 0 Å². The standard InChI is InChI=1S/C50H32N6/c1-4-14-33(15-5-1)48-52-49(34-16-6-2-7-17-34)54-50(53-48)35-25-28-38(29-26-35)55-44-30-27-36(32-42(44)46-45(55)24-13-31-51-46)39-21-12-22-41-40-20-10-11-23-43(40)56(47(39)41)37-18-8-3-9-19-37/h1-32H. The van der Waals surface area contributed by atoms with Crippen LogP contribution < -0.4 is 0 Å². The van der Waals surface area contributed by atoms with Crippen molar-refractivity contribution in [1.82, 2.24) is 29.1 Å². The monoisotopic (exact) mass is 716 g/mol. The first-order chi connectivity index (χ1) is 27.8. The number of aromatic nitrogens is 6. The molecule has 11 rings (SSSR count). The predicted octanol–water partition coefficient (Wildman–Crippen LogP) is 12.1. The van der Waals surface area contributed by atoms with Crippen molar-refractivity contribution in [2.45, 2.75) is 0 Å². The molecule has 0 saturated carbocycles. The molecule has 7 aromatic carbocycles. The van der Waals surface area contributed by atoms with Crippen LogP contribution in [-0.2, 0) is 0 Å². The molecule has 0 spiro atoms. The highest BCUT2D eigenvalue weighted by atomic mass is 15.0. The first kappa shape index (κ1) is 31.8. The summed E-state index contributed by atoms with van der Waals surface area (Å²) in [4.78, 5) is 19.7. The van der Waals surface area contributed by atoms with Crippen LogP contribution in [0.4, 0.5) is 0 Å². The minimum atomic E-state index is 0.625. The summed E-state index contributed by atoms with van der Waals surface area (Å²) >= 11 is 0. The molecule has 0 unspecified atom stereocenters. The maximum absolute atomic E-state index is 4.95. The summed E-state index contributed by atoms with van der Waals surface area (Å²) in [7, 11) is 0. The normalized spacial score (nSPS) is 11.6. The van der Waals surface area contributed by atoms with Gasteiger partial charge in [-0.1, -0.05) is 121 Å². The average Bonchev–Trinajstić information content (AvgIpc) is 3.80. The lowest BCUT2D eigenvalue weighted by Gasteiger charge is -2.12. The van der Waals surface area contributed by atoms with E-state index in [9.17, 15) is 0 Å². The van der Waals surface area contributed by atoms with Crippen molar-refractivity contribution in [1.29, 1.82) is 0 Å². The third kappa shape index (κ3) is 5.19. The predicted molar refractivity (Wildman–Crippen MR) is 228 cm³/mol. The molecule has 4 heterocycles. The largest absolute Gasteiger partial charge is 0.309 e. The second kappa shape index (κ2) is 13.0. The number of para-hydroxylation sites is 3. The number of rotatable bonds is 6. The van der Waals surface area contributed by atoms with E-state index in [1.54, 1.807) is 0 Å². The third-order valence-corrected chi connectivity index (χ3v) is 10.6. The van der Waals surface area contributed by atoms with Gasteiger partial charge in [0.15, 0.2) is 17.5 Å². The zero-order chi connectivity index (χ0) is 37.0. The Kier molecular flexibility index (Phi) is 7.38. The lowest BCUT2D eigenvalue weighted by Crippen LogP contribution is -2.00. The SMILES string of the molecule is c1ccc(-c2nc(-c3ccccc3)nc(-c3ccc(-n4c5ccc(-c6cccc7c8ccccc8n(-c8ccccc8)c67)cc5c5ncccc54)cc3)n2)cc1. The van der Waals surface area contributed by atoms with Gasteiger partial charge < -0.3 is 9.13 Å². The Morgan fingerprint density at radius 3 is 1.57 bits per heavy atom. The number of nitrogens with zero attached hydrogens (tertiary/aromatic N) is 6. The summed E-state index contributed by atoms with van der Waals surface area (Å²) in [6, 6.07) is 65.5. The van der Waals surface area contributed by atoms with Gasteiger partial charge in [0.1, 0.15) is 0 Å². The van der Waals surface area contributed by atoms with Crippen molar-refractivity contribution in [3.63, 3.8) is 0 Å². The van der Waals surface area contributed by atoms with Gasteiger partial charge >= 0.3 is 0 Å². The van der Waals surface area contributed by atoms with E-state index in [2.05, 4.69) is 130 Å². The van der Waals surface area contributed by atoms with Crippen LogP contribution in [0.5, 0.6) is 0 Å². The van der Waals surface area contributed by atoms with E-state index in [0.717, 1.165) is 55.6 Å². The molecule has 11 aromatic rings. The van der Waals surface area contributed by atoms with Gasteiger partial charge in [0.05, 0.1) is 27.6 Å². The number of hydrogen-bond donors (Lipinski definition) is 0. The smallest absolute Gasteiger partial charge is 0.164 e. The summed E-state index contributed by atoms with van der Waals surface area (Å²) in [6.07, 6.45) is 1.88. The molecular weight excluding hydrogens is 685 g/mol. The zero-order valence-electron chi connectivity index (χ0n) is 30.2. The van der Waals surface area contributed by atoms with E-state index < -0.39 is 0 Å². The molecule has 0 fully saturated rings. The molecule has 56 heavy (non-hydrogen) atoms. The first-order valence-electron chi connectivity index (χ1n) is 18.7. The molecule has 6 heteroatoms. The first-order valence-corrected chi connectivity index (χ1v) is 18.7. The molecular formula is C50H32N6. The number of fused-ring (bicyclic) bond motifs is 6. The van der Waals surface area contributed by atoms with Crippen LogP contribution in [0.3, 0.4) is 0 Å². The summed E-state index contributed by atoms with van der Waals surface area (Å²) in [5.41, 5.74) is 12.7. The van der Waals surface area contributed by atoms with Crippen molar-refractivity contribution >= 4 is 43.7 Å². The van der Waals surface area contributed by atoms with E-state index in [1.807, 2.05) is 72.9 Å². The Bertz CT molecular complexity index is 3160. The quantitative estimate of drug-likeness (QED) is 0.172. The van der Waals surface area contributed by atoms with E-state index in [0.29, 0.717) is 17.5 Å². The molecule has 4 aromatic heterocycles. The number of pyridine rings is 1. The van der Waals surface area contributed by atoms with Crippen molar-refractivity contribution < 1.29 is 0 Å². The number of benzene rings is 7. The van der Waals surface area contributed by atoms with Crippen LogP contribution >= 0.6 is 0 Å². The van der Waals surface area contributed by atoms with Crippen molar-refractivity contribution in [2.24, 2.45) is 0 Å². The molecule has 6 nitrogen and oxygen atoms in total. The fourth-order valence-electron chi connectivity index (χ4n) is 8.07. The van der Waals surface area contributed by atoms with Crippen LogP contribution in [0.1, 0.15) is 0 Å². The molecule has 0 saturated heterocycles. The highest BCUT2D eigenvalue weighted by Gasteiger charge is 2.19. The van der Waals surface area contributed by atoms with Crippen LogP contribution in [0, 0.1) is 0 Å². The van der Waals surface area contributed by atoms with Gasteiger partial charge in [0.25, 0.3) is 0 Å². The fraction of sp³-hybridized carbons (Fsp3) is 0. The van der Waals surface area contributed by atoms with E-state index in [1.165, 1.54) is 27.4 Å². The van der Waals surface area contributed by atoms with Crippen molar-refractivity contribution in [3.8, 4) is 56.7 Å². The van der Waals surface area contributed by atoms with Crippen molar-refractivity contribution in [2.75, 3.05) is 0 Å². The molecule has 0 amide bonds. The maximum Gasteiger partial charge on any atom is 0.164 e. The van der Waals surface area contributed by atoms with Crippen LogP contribution in [-0.4, -0.2) is 29.1 Å². The van der Waals surface area contributed by atoms with Gasteiger partial charge in [-0.25, -0.2) is 15.0 Å². The zero-order valence-corrected chi connectivity index (χ0v) is 30.2. The lowest BCUT2D eigenvalue weighted by molar-refractivity contribution is 1.07. The highest BCUT2D eigenvalue weighted by Crippen LogP contribution is 2.40. The highest BCUT2D eigenvalue weighted by molar-refractivity contribution is 6.15. The minimum Gasteiger partial charge on any atom is -0.309 e. The third-order valence-electron chi connectivity index (χ3n) is 10.6. The summed E-state index contributed by atoms with van der Waals surface area (Å²) < 4.78 is 4.69. The summed E-state index contributed by atoms with van der Waals surface area (Å²) in [5.74, 6) is 1.91. The van der Waals surface area contributed by atoms with E-state index in [4.69, 9.17) is 19.9 Å². The molecule has 0 N–H and O–H groups in total. The Hall–Kier alpha value is -7.70. The Morgan fingerprint density at radius 2 is 0.875 bits per heavy atom. The molecule has 0 aliphatic heterocycles. The van der Waals surface area contributed by atoms with Crippen molar-refractivity contribution in [3.05, 3.63) is 194 Å². The molecule has 0 aliphatic rings. The lowest BCUT2D eigenvalue weighted by atomic mass is 10.0. The Labute approximate surface area is 322 Å². The summed E-state index contributed by atoms with van der Waals surface area (Å²) in [5, 5.41) is 3.56. The van der Waals surface area contributed by atoms with Gasteiger partial charge in [-0.15, -0.1) is 0 Å². The van der Waals surface area contributed by atoms with Gasteiger partial charge in [-0.05, 0) is 72.3 Å². The van der Waals surface area contributed by atoms with Gasteiger partial charge in [0, 0.05) is 56.0 Å². The van der Waals surface area contributed by atoms with Gasteiger partial charge in [-0.3, -0.25) is 4.98 Å². The van der Waals surface area contributed by atoms with Crippen LogP contribution in [0.2, 0.25) is 0 Å². The van der Waals surface area contributed by atoms with Gasteiger partial charge in [0.2, 0.25) is 0 Å². The van der Waals surface area contributed by atoms with Crippen LogP contribution in [0.25, 0.3) is 100 Å². The van der Waals surface area contributed by atoms with Crippen LogP contribution in [0.15, 0.2) is 194 Å². The minimum absolute atomic E-state index is 0.625. The topological polar surface area (TPSA) is 61.4 Å². The maximum atomic E-state index is 4.95.